The lowest BCUT2D eigenvalue weighted by Crippen LogP contribution is -2.42. The molecule has 0 spiro atoms. The summed E-state index contributed by atoms with van der Waals surface area (Å²) in [7, 11) is 3.10. The molecule has 11 heteroatoms. The largest absolute Gasteiger partial charge is 0.497 e. The molecule has 0 bridgehead atoms. The van der Waals surface area contributed by atoms with Crippen molar-refractivity contribution in [1.29, 1.82) is 0 Å². The van der Waals surface area contributed by atoms with Gasteiger partial charge < -0.3 is 25.4 Å². The van der Waals surface area contributed by atoms with Crippen molar-refractivity contribution in [3.05, 3.63) is 70.1 Å². The van der Waals surface area contributed by atoms with Crippen LogP contribution in [-0.4, -0.2) is 58.6 Å². The number of benzene rings is 2. The van der Waals surface area contributed by atoms with Gasteiger partial charge in [-0.25, -0.2) is 14.4 Å². The molecule has 0 radical (unpaired) electrons. The first-order valence-electron chi connectivity index (χ1n) is 11.7. The Morgan fingerprint density at radius 1 is 1.30 bits per heavy atom. The molecule has 2 unspecified atom stereocenters. The van der Waals surface area contributed by atoms with E-state index in [0.717, 1.165) is 5.56 Å². The van der Waals surface area contributed by atoms with E-state index >= 15 is 0 Å². The summed E-state index contributed by atoms with van der Waals surface area (Å²) in [6.07, 6.45) is 0.836. The summed E-state index contributed by atoms with van der Waals surface area (Å²) in [4.78, 5) is 36.0. The Morgan fingerprint density at radius 3 is 2.78 bits per heavy atom. The second-order valence-electron chi connectivity index (χ2n) is 8.62. The lowest BCUT2D eigenvalue weighted by Gasteiger charge is -2.25. The van der Waals surface area contributed by atoms with Crippen molar-refractivity contribution in [3.63, 3.8) is 0 Å². The summed E-state index contributed by atoms with van der Waals surface area (Å²) < 4.78 is 19.2. The number of aromatic nitrogens is 2. The van der Waals surface area contributed by atoms with E-state index in [9.17, 15) is 19.1 Å². The highest BCUT2D eigenvalue weighted by Crippen LogP contribution is 2.31. The smallest absolute Gasteiger partial charge is 0.254 e. The number of methoxy groups -OCH3 is 1. The Bertz CT molecular complexity index is 1340. The Morgan fingerprint density at radius 2 is 2.08 bits per heavy atom. The normalized spacial score (nSPS) is 14.2. The molecule has 0 aliphatic carbocycles. The second-order valence-corrected chi connectivity index (χ2v) is 9.03. The number of carbonyl (C=O) groups excluding carboxylic acids is 2. The zero-order valence-corrected chi connectivity index (χ0v) is 21.3. The van der Waals surface area contributed by atoms with Crippen LogP contribution in [0.2, 0.25) is 5.02 Å². The van der Waals surface area contributed by atoms with E-state index < -0.39 is 23.9 Å². The van der Waals surface area contributed by atoms with Gasteiger partial charge in [0.2, 0.25) is 11.9 Å². The summed E-state index contributed by atoms with van der Waals surface area (Å²) in [5.74, 6) is -0.692. The van der Waals surface area contributed by atoms with Crippen molar-refractivity contribution >= 4 is 29.4 Å². The first-order valence-corrected chi connectivity index (χ1v) is 12.1. The first-order chi connectivity index (χ1) is 17.7. The Kier molecular flexibility index (Phi) is 7.89. The van der Waals surface area contributed by atoms with E-state index in [1.807, 2.05) is 6.07 Å². The van der Waals surface area contributed by atoms with Gasteiger partial charge in [-0.2, -0.15) is 0 Å². The number of hydrogen-bond acceptors (Lipinski definition) is 7. The molecule has 4 rings (SSSR count). The number of amides is 2. The van der Waals surface area contributed by atoms with Crippen LogP contribution in [-0.2, 0) is 11.3 Å². The number of carbonyl (C=O) groups is 2. The quantitative estimate of drug-likeness (QED) is 0.389. The van der Waals surface area contributed by atoms with E-state index in [-0.39, 0.29) is 24.7 Å². The molecule has 3 N–H and O–H groups in total. The van der Waals surface area contributed by atoms with Crippen LogP contribution in [0.1, 0.15) is 40.9 Å². The molecule has 1 aliphatic rings. The zero-order chi connectivity index (χ0) is 26.7. The topological polar surface area (TPSA) is 117 Å². The van der Waals surface area contributed by atoms with Gasteiger partial charge in [-0.3, -0.25) is 9.59 Å². The molecule has 2 aromatic carbocycles. The minimum Gasteiger partial charge on any atom is -0.497 e. The first kappa shape index (κ1) is 26.3. The number of fused-ring (bicyclic) bond motifs is 1. The van der Waals surface area contributed by atoms with Crippen molar-refractivity contribution < 1.29 is 23.8 Å². The van der Waals surface area contributed by atoms with Crippen LogP contribution >= 0.6 is 11.6 Å². The maximum Gasteiger partial charge on any atom is 0.254 e. The molecule has 2 amide bonds. The molecule has 2 heterocycles. The number of nitrogens with one attached hydrogen (secondary N) is 2. The van der Waals surface area contributed by atoms with Crippen molar-refractivity contribution in [1.82, 2.24) is 20.2 Å². The number of anilines is 1. The fourth-order valence-electron chi connectivity index (χ4n) is 4.24. The Labute approximate surface area is 218 Å². The lowest BCUT2D eigenvalue weighted by atomic mass is 9.99. The lowest BCUT2D eigenvalue weighted by molar-refractivity contribution is -0.123. The third kappa shape index (κ3) is 5.65. The average Bonchev–Trinajstić information content (AvgIpc) is 3.20. The summed E-state index contributed by atoms with van der Waals surface area (Å²) in [6.45, 7) is 1.76. The van der Waals surface area contributed by atoms with Crippen LogP contribution in [0.25, 0.3) is 11.3 Å². The minimum absolute atomic E-state index is 0.236. The maximum atomic E-state index is 14.1. The number of rotatable bonds is 9. The van der Waals surface area contributed by atoms with E-state index in [0.29, 0.717) is 39.8 Å². The molecular weight excluding hydrogens is 501 g/mol. The highest BCUT2D eigenvalue weighted by Gasteiger charge is 2.31. The SMILES string of the molecule is CCC(O)C(NC(=O)CN1Cc2ccc(-c3nc(NC)ncc3Cl)cc2C1=O)c1cc(F)cc(OC)c1. The summed E-state index contributed by atoms with van der Waals surface area (Å²) in [5.41, 5.74) is 2.71. The predicted octanol–water partition coefficient (Wildman–Crippen LogP) is 3.57. The number of hydrogen-bond donors (Lipinski definition) is 3. The van der Waals surface area contributed by atoms with E-state index in [1.54, 1.807) is 32.2 Å². The molecule has 3 aromatic rings. The fraction of sp³-hybridized carbons (Fsp3) is 0.308. The molecule has 37 heavy (non-hydrogen) atoms. The molecule has 0 saturated carbocycles. The summed E-state index contributed by atoms with van der Waals surface area (Å²) in [5, 5.41) is 16.5. The number of aliphatic hydroxyl groups excluding tert-OH is 1. The standard InChI is InChI=1S/C26H27ClFN5O4/c1-4-21(34)24(16-7-17(28)10-18(8-16)37-3)31-22(35)13-33-12-15-6-5-14(9-19(15)25(33)36)23-20(27)11-30-26(29-2)32-23/h5-11,21,24,34H,4,12-13H2,1-3H3,(H,31,35)(H,29,30,32). The van der Waals surface area contributed by atoms with Crippen molar-refractivity contribution in [2.45, 2.75) is 32.0 Å². The van der Waals surface area contributed by atoms with Gasteiger partial charge in [0.15, 0.2) is 0 Å². The molecule has 0 saturated heterocycles. The predicted molar refractivity (Wildman–Crippen MR) is 137 cm³/mol. The van der Waals surface area contributed by atoms with Crippen LogP contribution in [0.4, 0.5) is 10.3 Å². The van der Waals surface area contributed by atoms with Crippen LogP contribution in [0.5, 0.6) is 5.75 Å². The third-order valence-corrected chi connectivity index (χ3v) is 6.45. The Balaban J connectivity index is 1.51. The highest BCUT2D eigenvalue weighted by molar-refractivity contribution is 6.33. The van der Waals surface area contributed by atoms with Crippen molar-refractivity contribution in [3.8, 4) is 17.0 Å². The number of halogens is 2. The molecule has 9 nitrogen and oxygen atoms in total. The van der Waals surface area contributed by atoms with Crippen LogP contribution in [0.3, 0.4) is 0 Å². The molecule has 1 aliphatic heterocycles. The van der Waals surface area contributed by atoms with E-state index in [4.69, 9.17) is 16.3 Å². The summed E-state index contributed by atoms with van der Waals surface area (Å²) >= 11 is 6.28. The van der Waals surface area contributed by atoms with Gasteiger partial charge in [0, 0.05) is 30.8 Å². The van der Waals surface area contributed by atoms with Gasteiger partial charge in [0.1, 0.15) is 18.1 Å². The van der Waals surface area contributed by atoms with Gasteiger partial charge in [-0.1, -0.05) is 30.7 Å². The monoisotopic (exact) mass is 527 g/mol. The zero-order valence-electron chi connectivity index (χ0n) is 20.6. The molecule has 2 atom stereocenters. The van der Waals surface area contributed by atoms with Gasteiger partial charge in [-0.05, 0) is 35.7 Å². The van der Waals surface area contributed by atoms with E-state index in [1.165, 1.54) is 30.3 Å². The van der Waals surface area contributed by atoms with E-state index in [2.05, 4.69) is 20.6 Å². The highest BCUT2D eigenvalue weighted by atomic mass is 35.5. The molecule has 1 aromatic heterocycles. The molecular formula is C26H27ClFN5O4. The van der Waals surface area contributed by atoms with Gasteiger partial charge >= 0.3 is 0 Å². The van der Waals surface area contributed by atoms with Gasteiger partial charge in [0.05, 0.1) is 36.2 Å². The van der Waals surface area contributed by atoms with Gasteiger partial charge in [0.25, 0.3) is 5.91 Å². The Hall–Kier alpha value is -3.76. The molecule has 0 fully saturated rings. The van der Waals surface area contributed by atoms with Crippen molar-refractivity contribution in [2.24, 2.45) is 0 Å². The van der Waals surface area contributed by atoms with Crippen LogP contribution < -0.4 is 15.4 Å². The average molecular weight is 528 g/mol. The minimum atomic E-state index is -0.968. The fourth-order valence-corrected chi connectivity index (χ4v) is 4.44. The van der Waals surface area contributed by atoms with Crippen molar-refractivity contribution in [2.75, 3.05) is 26.0 Å². The number of nitrogens with zero attached hydrogens (tertiary/aromatic N) is 3. The maximum absolute atomic E-state index is 14.1. The second kappa shape index (κ2) is 11.1. The van der Waals surface area contributed by atoms with Crippen LogP contribution in [0, 0.1) is 5.82 Å². The molecule has 194 valence electrons. The van der Waals surface area contributed by atoms with Gasteiger partial charge in [-0.15, -0.1) is 0 Å². The number of ether oxygens (including phenoxy) is 1. The summed E-state index contributed by atoms with van der Waals surface area (Å²) in [6, 6.07) is 8.45. The number of aliphatic hydroxyl groups is 1. The third-order valence-electron chi connectivity index (χ3n) is 6.17. The van der Waals surface area contributed by atoms with Crippen LogP contribution in [0.15, 0.2) is 42.6 Å².